The van der Waals surface area contributed by atoms with E-state index in [0.29, 0.717) is 6.04 Å². The molecule has 0 saturated heterocycles. The number of anilines is 1. The Morgan fingerprint density at radius 1 is 1.37 bits per heavy atom. The van der Waals surface area contributed by atoms with Gasteiger partial charge in [0.1, 0.15) is 0 Å². The van der Waals surface area contributed by atoms with Gasteiger partial charge in [-0.25, -0.2) is 4.98 Å². The lowest BCUT2D eigenvalue weighted by Gasteiger charge is -2.28. The molecule has 19 heavy (non-hydrogen) atoms. The van der Waals surface area contributed by atoms with E-state index in [-0.39, 0.29) is 5.60 Å². The topological polar surface area (TPSA) is 39.1 Å². The Labute approximate surface area is 116 Å². The van der Waals surface area contributed by atoms with Gasteiger partial charge in [-0.2, -0.15) is 0 Å². The van der Waals surface area contributed by atoms with Crippen LogP contribution in [0.3, 0.4) is 0 Å². The molecule has 0 spiro atoms. The van der Waals surface area contributed by atoms with Crippen LogP contribution in [-0.2, 0) is 11.3 Å². The number of hydrogen-bond acceptors (Lipinski definition) is 3. The monoisotopic (exact) mass is 265 g/mol. The maximum atomic E-state index is 5.77. The molecule has 1 aromatic rings. The third-order valence-corrected chi connectivity index (χ3v) is 3.74. The minimum atomic E-state index is -0.154. The van der Waals surface area contributed by atoms with E-state index in [0.717, 1.165) is 19.1 Å². The van der Waals surface area contributed by atoms with E-state index < -0.39 is 0 Å². The molecule has 0 aromatic carbocycles. The molecule has 1 aromatic heterocycles. The Bertz CT molecular complexity index is 380. The van der Waals surface area contributed by atoms with Crippen molar-refractivity contribution in [2.75, 3.05) is 11.9 Å². The predicted molar refractivity (Wildman–Crippen MR) is 78.4 cm³/mol. The van der Waals surface area contributed by atoms with E-state index >= 15 is 0 Å². The van der Waals surface area contributed by atoms with Crippen molar-refractivity contribution in [3.63, 3.8) is 0 Å². The van der Waals surface area contributed by atoms with Crippen LogP contribution < -0.4 is 5.32 Å². The Morgan fingerprint density at radius 2 is 2.11 bits per heavy atom. The van der Waals surface area contributed by atoms with E-state index in [9.17, 15) is 0 Å². The number of rotatable bonds is 6. The summed E-state index contributed by atoms with van der Waals surface area (Å²) in [5.41, 5.74) is -0.154. The van der Waals surface area contributed by atoms with Gasteiger partial charge >= 0.3 is 0 Å². The number of ether oxygens (including phenoxy) is 1. The molecular formula is C15H27N3O. The van der Waals surface area contributed by atoms with Gasteiger partial charge in [0.05, 0.1) is 12.1 Å². The van der Waals surface area contributed by atoms with Gasteiger partial charge in [0, 0.05) is 25.0 Å². The molecule has 108 valence electrons. The molecule has 4 nitrogen and oxygen atoms in total. The molecule has 1 aliphatic carbocycles. The van der Waals surface area contributed by atoms with Crippen molar-refractivity contribution in [1.82, 2.24) is 9.55 Å². The van der Waals surface area contributed by atoms with Crippen LogP contribution in [0.15, 0.2) is 12.4 Å². The summed E-state index contributed by atoms with van der Waals surface area (Å²) < 4.78 is 7.94. The molecule has 1 N–H and O–H groups in total. The standard InChI is InChI=1S/C15H27N3O/c1-4-19-15(2,3)12-18-11-10-16-14(18)17-13-8-6-5-7-9-13/h10-11,13H,4-9,12H2,1-3H3,(H,16,17). The lowest BCUT2D eigenvalue weighted by molar-refractivity contribution is -0.0220. The van der Waals surface area contributed by atoms with E-state index in [1.165, 1.54) is 32.1 Å². The zero-order valence-electron chi connectivity index (χ0n) is 12.5. The van der Waals surface area contributed by atoms with Gasteiger partial charge in [-0.1, -0.05) is 19.3 Å². The summed E-state index contributed by atoms with van der Waals surface area (Å²) in [5, 5.41) is 3.59. The highest BCUT2D eigenvalue weighted by molar-refractivity contribution is 5.28. The highest BCUT2D eigenvalue weighted by atomic mass is 16.5. The van der Waals surface area contributed by atoms with E-state index in [1.807, 2.05) is 19.3 Å². The lowest BCUT2D eigenvalue weighted by atomic mass is 9.96. The largest absolute Gasteiger partial charge is 0.374 e. The zero-order chi connectivity index (χ0) is 13.7. The molecule has 1 heterocycles. The van der Waals surface area contributed by atoms with Crippen LogP contribution in [0.4, 0.5) is 5.95 Å². The summed E-state index contributed by atoms with van der Waals surface area (Å²) in [7, 11) is 0. The maximum Gasteiger partial charge on any atom is 0.203 e. The first-order chi connectivity index (χ1) is 9.11. The van der Waals surface area contributed by atoms with Crippen LogP contribution in [0.1, 0.15) is 52.9 Å². The summed E-state index contributed by atoms with van der Waals surface area (Å²) in [6, 6.07) is 0.588. The second kappa shape index (κ2) is 6.42. The molecule has 4 heteroatoms. The van der Waals surface area contributed by atoms with Crippen molar-refractivity contribution < 1.29 is 4.74 Å². The number of imidazole rings is 1. The maximum absolute atomic E-state index is 5.77. The summed E-state index contributed by atoms with van der Waals surface area (Å²) in [6.07, 6.45) is 10.5. The Balaban J connectivity index is 1.96. The highest BCUT2D eigenvalue weighted by Gasteiger charge is 2.21. The zero-order valence-corrected chi connectivity index (χ0v) is 12.5. The van der Waals surface area contributed by atoms with Crippen molar-refractivity contribution >= 4 is 5.95 Å². The molecule has 0 radical (unpaired) electrons. The van der Waals surface area contributed by atoms with Crippen molar-refractivity contribution in [1.29, 1.82) is 0 Å². The van der Waals surface area contributed by atoms with Crippen LogP contribution in [0.2, 0.25) is 0 Å². The van der Waals surface area contributed by atoms with E-state index in [2.05, 4.69) is 28.7 Å². The Morgan fingerprint density at radius 3 is 2.79 bits per heavy atom. The van der Waals surface area contributed by atoms with Crippen LogP contribution >= 0.6 is 0 Å². The van der Waals surface area contributed by atoms with Gasteiger partial charge in [0.15, 0.2) is 0 Å². The van der Waals surface area contributed by atoms with Crippen LogP contribution in [-0.4, -0.2) is 27.8 Å². The fraction of sp³-hybridized carbons (Fsp3) is 0.800. The van der Waals surface area contributed by atoms with Crippen LogP contribution in [0.25, 0.3) is 0 Å². The molecule has 0 amide bonds. The second-order valence-electron chi connectivity index (χ2n) is 6.05. The predicted octanol–water partition coefficient (Wildman–Crippen LogP) is 3.44. The SMILES string of the molecule is CCOC(C)(C)Cn1ccnc1NC1CCCCC1. The first kappa shape index (κ1) is 14.4. The third kappa shape index (κ3) is 4.23. The fourth-order valence-electron chi connectivity index (χ4n) is 2.85. The smallest absolute Gasteiger partial charge is 0.203 e. The lowest BCUT2D eigenvalue weighted by Crippen LogP contribution is -2.32. The van der Waals surface area contributed by atoms with Gasteiger partial charge in [0.2, 0.25) is 5.95 Å². The van der Waals surface area contributed by atoms with E-state index in [4.69, 9.17) is 4.74 Å². The first-order valence-corrected chi connectivity index (χ1v) is 7.52. The average Bonchev–Trinajstić information content (AvgIpc) is 2.77. The van der Waals surface area contributed by atoms with Crippen LogP contribution in [0, 0.1) is 0 Å². The number of hydrogen-bond donors (Lipinski definition) is 1. The molecule has 1 saturated carbocycles. The Kier molecular flexibility index (Phi) is 4.86. The fourth-order valence-corrected chi connectivity index (χ4v) is 2.85. The van der Waals surface area contributed by atoms with Gasteiger partial charge in [-0.05, 0) is 33.6 Å². The molecular weight excluding hydrogens is 238 g/mol. The number of nitrogens with one attached hydrogen (secondary N) is 1. The normalized spacial score (nSPS) is 17.6. The molecule has 2 rings (SSSR count). The van der Waals surface area contributed by atoms with Crippen LogP contribution in [0.5, 0.6) is 0 Å². The van der Waals surface area contributed by atoms with Gasteiger partial charge < -0.3 is 14.6 Å². The summed E-state index contributed by atoms with van der Waals surface area (Å²) in [6.45, 7) is 7.86. The second-order valence-corrected chi connectivity index (χ2v) is 6.05. The Hall–Kier alpha value is -1.03. The number of nitrogens with zero attached hydrogens (tertiary/aromatic N) is 2. The minimum Gasteiger partial charge on any atom is -0.374 e. The minimum absolute atomic E-state index is 0.154. The summed E-state index contributed by atoms with van der Waals surface area (Å²) in [5.74, 6) is 0.986. The van der Waals surface area contributed by atoms with Gasteiger partial charge in [-0.3, -0.25) is 0 Å². The van der Waals surface area contributed by atoms with Gasteiger partial charge in [-0.15, -0.1) is 0 Å². The third-order valence-electron chi connectivity index (χ3n) is 3.74. The highest BCUT2D eigenvalue weighted by Crippen LogP contribution is 2.22. The molecule has 0 atom stereocenters. The quantitative estimate of drug-likeness (QED) is 0.856. The summed E-state index contributed by atoms with van der Waals surface area (Å²) >= 11 is 0. The molecule has 0 aliphatic heterocycles. The molecule has 1 aliphatic rings. The molecule has 0 unspecified atom stereocenters. The summed E-state index contributed by atoms with van der Waals surface area (Å²) in [4.78, 5) is 4.45. The van der Waals surface area contributed by atoms with Crippen molar-refractivity contribution in [3.05, 3.63) is 12.4 Å². The van der Waals surface area contributed by atoms with E-state index in [1.54, 1.807) is 0 Å². The van der Waals surface area contributed by atoms with Crippen molar-refractivity contribution in [2.24, 2.45) is 0 Å². The average molecular weight is 265 g/mol. The molecule has 1 fully saturated rings. The number of aromatic nitrogens is 2. The van der Waals surface area contributed by atoms with Gasteiger partial charge in [0.25, 0.3) is 0 Å². The van der Waals surface area contributed by atoms with Crippen molar-refractivity contribution in [3.8, 4) is 0 Å². The first-order valence-electron chi connectivity index (χ1n) is 7.52. The molecule has 0 bridgehead atoms. The van der Waals surface area contributed by atoms with Crippen molar-refractivity contribution in [2.45, 2.75) is 71.1 Å².